The Bertz CT molecular complexity index is 840. The summed E-state index contributed by atoms with van der Waals surface area (Å²) in [6, 6.07) is 7.66. The molecule has 1 aliphatic heterocycles. The van der Waals surface area contributed by atoms with Crippen LogP contribution >= 0.6 is 0 Å². The van der Waals surface area contributed by atoms with Crippen LogP contribution in [0.25, 0.3) is 0 Å². The molecule has 3 rings (SSSR count). The van der Waals surface area contributed by atoms with Gasteiger partial charge in [0.05, 0.1) is 5.69 Å². The first-order valence-corrected chi connectivity index (χ1v) is 9.15. The first kappa shape index (κ1) is 18.2. The number of aromatic nitrogens is 2. The summed E-state index contributed by atoms with van der Waals surface area (Å²) in [5.74, 6) is 0.00640. The number of anilines is 2. The highest BCUT2D eigenvalue weighted by Crippen LogP contribution is 2.28. The quantitative estimate of drug-likeness (QED) is 0.896. The molecule has 2 amide bonds. The van der Waals surface area contributed by atoms with Gasteiger partial charge < -0.3 is 10.2 Å². The number of nitrogens with zero attached hydrogens (tertiary/aromatic N) is 3. The number of benzene rings is 1. The van der Waals surface area contributed by atoms with Gasteiger partial charge in [0.15, 0.2) is 0 Å². The van der Waals surface area contributed by atoms with Gasteiger partial charge in [-0.1, -0.05) is 13.0 Å². The topological polar surface area (TPSA) is 67.2 Å². The van der Waals surface area contributed by atoms with Crippen molar-refractivity contribution in [2.75, 3.05) is 10.2 Å². The molecule has 1 N–H and O–H groups in total. The minimum absolute atomic E-state index is 0.129. The standard InChI is InChI=1S/C20H26N4O2/c1-5-18-14(3)22-23(15(18)4)12-19(25)21-16-7-6-8-17(11-16)24-13(2)9-10-20(24)26/h6-8,11,13H,5,9-10,12H2,1-4H3,(H,21,25). The molecule has 26 heavy (non-hydrogen) atoms. The molecular weight excluding hydrogens is 328 g/mol. The van der Waals surface area contributed by atoms with Crippen LogP contribution < -0.4 is 10.2 Å². The third kappa shape index (κ3) is 3.49. The monoisotopic (exact) mass is 354 g/mol. The van der Waals surface area contributed by atoms with Crippen LogP contribution in [0.4, 0.5) is 11.4 Å². The Labute approximate surface area is 154 Å². The van der Waals surface area contributed by atoms with Crippen LogP contribution in [0.1, 0.15) is 43.6 Å². The van der Waals surface area contributed by atoms with E-state index in [4.69, 9.17) is 0 Å². The minimum Gasteiger partial charge on any atom is -0.324 e. The highest BCUT2D eigenvalue weighted by Gasteiger charge is 2.28. The van der Waals surface area contributed by atoms with Crippen molar-refractivity contribution in [1.82, 2.24) is 9.78 Å². The fourth-order valence-electron chi connectivity index (χ4n) is 3.70. The number of hydrogen-bond donors (Lipinski definition) is 1. The number of carbonyl (C=O) groups excluding carboxylic acids is 2. The normalized spacial score (nSPS) is 17.0. The van der Waals surface area contributed by atoms with Crippen LogP contribution in [-0.4, -0.2) is 27.6 Å². The number of carbonyl (C=O) groups is 2. The van der Waals surface area contributed by atoms with E-state index >= 15 is 0 Å². The van der Waals surface area contributed by atoms with Crippen LogP contribution in [0.3, 0.4) is 0 Å². The largest absolute Gasteiger partial charge is 0.324 e. The van der Waals surface area contributed by atoms with Crippen molar-refractivity contribution in [3.8, 4) is 0 Å². The lowest BCUT2D eigenvalue weighted by atomic mass is 10.1. The van der Waals surface area contributed by atoms with E-state index in [1.165, 1.54) is 5.56 Å². The van der Waals surface area contributed by atoms with E-state index in [9.17, 15) is 9.59 Å². The van der Waals surface area contributed by atoms with Crippen molar-refractivity contribution >= 4 is 23.2 Å². The summed E-state index contributed by atoms with van der Waals surface area (Å²) in [6.45, 7) is 8.28. The molecule has 1 aliphatic rings. The molecule has 1 aromatic heterocycles. The van der Waals surface area contributed by atoms with Crippen molar-refractivity contribution in [2.24, 2.45) is 0 Å². The summed E-state index contributed by atoms with van der Waals surface area (Å²) in [6.07, 6.45) is 2.35. The average Bonchev–Trinajstić information content (AvgIpc) is 3.06. The predicted octanol–water partition coefficient (Wildman–Crippen LogP) is 3.22. The van der Waals surface area contributed by atoms with Gasteiger partial charge in [0, 0.05) is 29.5 Å². The summed E-state index contributed by atoms with van der Waals surface area (Å²) in [5, 5.41) is 7.39. The van der Waals surface area contributed by atoms with Gasteiger partial charge in [-0.05, 0) is 57.4 Å². The summed E-state index contributed by atoms with van der Waals surface area (Å²) in [7, 11) is 0. The van der Waals surface area contributed by atoms with E-state index in [1.54, 1.807) is 4.68 Å². The Morgan fingerprint density at radius 3 is 2.73 bits per heavy atom. The van der Waals surface area contributed by atoms with Crippen molar-refractivity contribution in [1.29, 1.82) is 0 Å². The van der Waals surface area contributed by atoms with Gasteiger partial charge in [0.1, 0.15) is 6.54 Å². The maximum absolute atomic E-state index is 12.5. The predicted molar refractivity (Wildman–Crippen MR) is 102 cm³/mol. The Kier molecular flexibility index (Phi) is 5.11. The molecule has 0 bridgehead atoms. The number of nitrogens with one attached hydrogen (secondary N) is 1. The van der Waals surface area contributed by atoms with Gasteiger partial charge in [-0.2, -0.15) is 5.10 Å². The van der Waals surface area contributed by atoms with Gasteiger partial charge >= 0.3 is 0 Å². The third-order valence-electron chi connectivity index (χ3n) is 5.07. The fourth-order valence-corrected chi connectivity index (χ4v) is 3.70. The molecule has 0 radical (unpaired) electrons. The fraction of sp³-hybridized carbons (Fsp3) is 0.450. The van der Waals surface area contributed by atoms with Crippen LogP contribution in [0, 0.1) is 13.8 Å². The molecule has 2 aromatic rings. The van der Waals surface area contributed by atoms with Crippen LogP contribution in [-0.2, 0) is 22.6 Å². The first-order valence-electron chi connectivity index (χ1n) is 9.15. The molecule has 6 heteroatoms. The zero-order valence-electron chi connectivity index (χ0n) is 15.9. The van der Waals surface area contributed by atoms with Gasteiger partial charge in [-0.25, -0.2) is 0 Å². The van der Waals surface area contributed by atoms with Crippen molar-refractivity contribution in [2.45, 2.75) is 59.5 Å². The van der Waals surface area contributed by atoms with E-state index in [1.807, 2.05) is 49.9 Å². The number of hydrogen-bond acceptors (Lipinski definition) is 3. The summed E-state index contributed by atoms with van der Waals surface area (Å²) < 4.78 is 1.75. The maximum atomic E-state index is 12.5. The molecule has 1 atom stereocenters. The van der Waals surface area contributed by atoms with E-state index in [-0.39, 0.29) is 24.4 Å². The third-order valence-corrected chi connectivity index (χ3v) is 5.07. The molecule has 1 saturated heterocycles. The molecule has 1 unspecified atom stereocenters. The highest BCUT2D eigenvalue weighted by atomic mass is 16.2. The second-order valence-electron chi connectivity index (χ2n) is 6.91. The molecule has 138 valence electrons. The van der Waals surface area contributed by atoms with Gasteiger partial charge in [-0.3, -0.25) is 14.3 Å². The smallest absolute Gasteiger partial charge is 0.246 e. The Morgan fingerprint density at radius 1 is 1.35 bits per heavy atom. The van der Waals surface area contributed by atoms with Crippen molar-refractivity contribution < 1.29 is 9.59 Å². The lowest BCUT2D eigenvalue weighted by molar-refractivity contribution is -0.117. The molecule has 0 spiro atoms. The van der Waals surface area contributed by atoms with Gasteiger partial charge in [0.25, 0.3) is 0 Å². The molecule has 1 fully saturated rings. The molecule has 2 heterocycles. The highest BCUT2D eigenvalue weighted by molar-refractivity contribution is 5.97. The van der Waals surface area contributed by atoms with Crippen molar-refractivity contribution in [3.63, 3.8) is 0 Å². The summed E-state index contributed by atoms with van der Waals surface area (Å²) in [5.41, 5.74) is 4.72. The summed E-state index contributed by atoms with van der Waals surface area (Å²) in [4.78, 5) is 26.3. The Hall–Kier alpha value is -2.63. The zero-order chi connectivity index (χ0) is 18.8. The van der Waals surface area contributed by atoms with E-state index in [0.717, 1.165) is 29.9 Å². The Balaban J connectivity index is 1.72. The zero-order valence-corrected chi connectivity index (χ0v) is 15.9. The molecule has 6 nitrogen and oxygen atoms in total. The maximum Gasteiger partial charge on any atom is 0.246 e. The first-order chi connectivity index (χ1) is 12.4. The van der Waals surface area contributed by atoms with Gasteiger partial charge in [-0.15, -0.1) is 0 Å². The molecule has 0 saturated carbocycles. The van der Waals surface area contributed by atoms with Crippen LogP contribution in [0.15, 0.2) is 24.3 Å². The SMILES string of the molecule is CCc1c(C)nn(CC(=O)Nc2cccc(N3C(=O)CCC3C)c2)c1C. The second kappa shape index (κ2) is 7.32. The second-order valence-corrected chi connectivity index (χ2v) is 6.91. The summed E-state index contributed by atoms with van der Waals surface area (Å²) >= 11 is 0. The lowest BCUT2D eigenvalue weighted by Gasteiger charge is -2.22. The molecular formula is C20H26N4O2. The van der Waals surface area contributed by atoms with E-state index in [2.05, 4.69) is 17.3 Å². The Morgan fingerprint density at radius 2 is 2.12 bits per heavy atom. The number of aryl methyl sites for hydroxylation is 1. The van der Waals surface area contributed by atoms with Crippen LogP contribution in [0.5, 0.6) is 0 Å². The minimum atomic E-state index is -0.129. The van der Waals surface area contributed by atoms with E-state index < -0.39 is 0 Å². The molecule has 1 aromatic carbocycles. The van der Waals surface area contributed by atoms with Crippen LogP contribution in [0.2, 0.25) is 0 Å². The lowest BCUT2D eigenvalue weighted by Crippen LogP contribution is -2.30. The number of rotatable bonds is 5. The molecule has 0 aliphatic carbocycles. The van der Waals surface area contributed by atoms with Crippen molar-refractivity contribution in [3.05, 3.63) is 41.2 Å². The van der Waals surface area contributed by atoms with Gasteiger partial charge in [0.2, 0.25) is 11.8 Å². The van der Waals surface area contributed by atoms with E-state index in [0.29, 0.717) is 12.1 Å². The number of amides is 2. The average molecular weight is 354 g/mol.